The third-order valence-corrected chi connectivity index (χ3v) is 11.5. The van der Waals surface area contributed by atoms with Crippen LogP contribution in [0.25, 0.3) is 0 Å². The van der Waals surface area contributed by atoms with E-state index in [1.54, 1.807) is 0 Å². The topological polar surface area (TPSA) is 125 Å². The highest BCUT2D eigenvalue weighted by Crippen LogP contribution is 2.41. The van der Waals surface area contributed by atoms with Crippen molar-refractivity contribution in [3.63, 3.8) is 0 Å². The lowest BCUT2D eigenvalue weighted by atomic mass is 9.80. The van der Waals surface area contributed by atoms with Gasteiger partial charge < -0.3 is 48.5 Å². The minimum Gasteiger partial charge on any atom is -0.394 e. The predicted molar refractivity (Wildman–Crippen MR) is 160 cm³/mol. The fourth-order valence-electron chi connectivity index (χ4n) is 7.41. The molecule has 252 valence electrons. The van der Waals surface area contributed by atoms with Crippen LogP contribution in [0, 0.1) is 41.4 Å². The lowest BCUT2D eigenvalue weighted by molar-refractivity contribution is -0.361. The van der Waals surface area contributed by atoms with Gasteiger partial charge in [-0.1, -0.05) is 55.4 Å². The molecule has 10 heteroatoms. The van der Waals surface area contributed by atoms with Gasteiger partial charge in [0, 0.05) is 17.8 Å². The van der Waals surface area contributed by atoms with Gasteiger partial charge in [0.25, 0.3) is 0 Å². The van der Waals surface area contributed by atoms with Gasteiger partial charge in [-0.25, -0.2) is 0 Å². The van der Waals surface area contributed by atoms with E-state index in [1.807, 2.05) is 34.6 Å². The molecule has 3 N–H and O–H groups in total. The fraction of sp³-hybridized carbons (Fsp3) is 1.00. The Kier molecular flexibility index (Phi) is 12.0. The summed E-state index contributed by atoms with van der Waals surface area (Å²) in [7, 11) is 0. The Hall–Kier alpha value is -0.400. The molecular formula is C33H60O10. The number of aliphatic hydroxyl groups is 3. The first kappa shape index (κ1) is 35.5. The van der Waals surface area contributed by atoms with Crippen LogP contribution >= 0.6 is 0 Å². The number of aliphatic hydroxyl groups excluding tert-OH is 3. The Labute approximate surface area is 259 Å². The summed E-state index contributed by atoms with van der Waals surface area (Å²) in [6.07, 6.45) is -4.93. The first-order valence-electron chi connectivity index (χ1n) is 16.8. The molecule has 0 saturated carbocycles. The van der Waals surface area contributed by atoms with Crippen molar-refractivity contribution >= 4 is 0 Å². The van der Waals surface area contributed by atoms with Gasteiger partial charge in [0.15, 0.2) is 18.9 Å². The van der Waals surface area contributed by atoms with Crippen LogP contribution in [0.4, 0.5) is 0 Å². The summed E-state index contributed by atoms with van der Waals surface area (Å²) >= 11 is 0. The average Bonchev–Trinajstić information content (AvgIpc) is 2.98. The lowest BCUT2D eigenvalue weighted by Crippen LogP contribution is -2.61. The monoisotopic (exact) mass is 616 g/mol. The fourth-order valence-corrected chi connectivity index (χ4v) is 7.41. The number of hydrogen-bond donors (Lipinski definition) is 3. The number of hydrogen-bond acceptors (Lipinski definition) is 10. The van der Waals surface area contributed by atoms with E-state index in [9.17, 15) is 15.3 Å². The molecule has 4 saturated heterocycles. The first-order valence-corrected chi connectivity index (χ1v) is 16.8. The van der Waals surface area contributed by atoms with Crippen molar-refractivity contribution in [3.05, 3.63) is 0 Å². The van der Waals surface area contributed by atoms with Crippen LogP contribution in [0.15, 0.2) is 0 Å². The zero-order valence-corrected chi connectivity index (χ0v) is 28.2. The molecule has 4 aliphatic heterocycles. The van der Waals surface area contributed by atoms with Crippen molar-refractivity contribution in [3.8, 4) is 0 Å². The average molecular weight is 617 g/mol. The minimum absolute atomic E-state index is 0.0265. The first-order chi connectivity index (χ1) is 20.2. The van der Waals surface area contributed by atoms with E-state index in [4.69, 9.17) is 33.2 Å². The molecule has 20 atom stereocenters. The Balaban J connectivity index is 1.40. The van der Waals surface area contributed by atoms with Crippen molar-refractivity contribution in [1.82, 2.24) is 0 Å². The van der Waals surface area contributed by atoms with Crippen LogP contribution in [0.1, 0.15) is 82.6 Å². The molecule has 43 heavy (non-hydrogen) atoms. The Morgan fingerprint density at radius 3 is 1.58 bits per heavy atom. The van der Waals surface area contributed by atoms with Gasteiger partial charge in [0.2, 0.25) is 0 Å². The zero-order chi connectivity index (χ0) is 31.9. The highest BCUT2D eigenvalue weighted by atomic mass is 16.7. The van der Waals surface area contributed by atoms with Crippen LogP contribution in [0.5, 0.6) is 0 Å². The standard InChI is InChI=1S/C33H60O10/c1-12-24-29(16(4)14(2)21(9)37-24)42-32-19(7)17(5)28(23(11)39-32)41-33-20(8)27(36)30(25(13-34)40-33)43-31-18(6)15(3)26(35)22(10)38-31/h14-36H,12-13H2,1-11H3/t14?,15-,16-,17?,18?,19?,20?,21-,22?,23+,24?,25+,26+,27?,28+,29+,30-,31+,32+,33-/m1/s1. The van der Waals surface area contributed by atoms with Gasteiger partial charge in [-0.3, -0.25) is 0 Å². The Morgan fingerprint density at radius 1 is 0.465 bits per heavy atom. The Bertz CT molecular complexity index is 873. The third-order valence-electron chi connectivity index (χ3n) is 11.5. The molecule has 0 spiro atoms. The lowest BCUT2D eigenvalue weighted by Gasteiger charge is -2.50. The number of ether oxygens (including phenoxy) is 7. The zero-order valence-electron chi connectivity index (χ0n) is 28.2. The molecule has 4 aliphatic rings. The van der Waals surface area contributed by atoms with Crippen LogP contribution in [0.2, 0.25) is 0 Å². The van der Waals surface area contributed by atoms with Crippen LogP contribution in [-0.4, -0.2) is 102 Å². The van der Waals surface area contributed by atoms with E-state index < -0.39 is 55.3 Å². The molecule has 8 unspecified atom stereocenters. The van der Waals surface area contributed by atoms with E-state index in [2.05, 4.69) is 41.5 Å². The van der Waals surface area contributed by atoms with E-state index >= 15 is 0 Å². The van der Waals surface area contributed by atoms with E-state index in [-0.39, 0.29) is 60.8 Å². The smallest absolute Gasteiger partial charge is 0.163 e. The van der Waals surface area contributed by atoms with Crippen LogP contribution in [0.3, 0.4) is 0 Å². The highest BCUT2D eigenvalue weighted by Gasteiger charge is 2.51. The molecule has 0 aromatic rings. The van der Waals surface area contributed by atoms with Crippen molar-refractivity contribution in [1.29, 1.82) is 0 Å². The maximum atomic E-state index is 11.4. The minimum atomic E-state index is -0.962. The summed E-state index contributed by atoms with van der Waals surface area (Å²) in [5.41, 5.74) is 0. The predicted octanol–water partition coefficient (Wildman–Crippen LogP) is 3.72. The molecule has 0 aromatic heterocycles. The van der Waals surface area contributed by atoms with Crippen molar-refractivity contribution < 1.29 is 48.5 Å². The molecule has 0 aliphatic carbocycles. The molecule has 0 amide bonds. The summed E-state index contributed by atoms with van der Waals surface area (Å²) < 4.78 is 44.5. The maximum absolute atomic E-state index is 11.4. The Morgan fingerprint density at radius 2 is 0.977 bits per heavy atom. The van der Waals surface area contributed by atoms with Gasteiger partial charge in [-0.05, 0) is 50.9 Å². The summed E-state index contributed by atoms with van der Waals surface area (Å²) in [6.45, 7) is 22.3. The van der Waals surface area contributed by atoms with E-state index in [0.29, 0.717) is 11.8 Å². The molecule has 4 fully saturated rings. The van der Waals surface area contributed by atoms with Crippen LogP contribution in [-0.2, 0) is 33.2 Å². The van der Waals surface area contributed by atoms with E-state index in [1.165, 1.54) is 0 Å². The van der Waals surface area contributed by atoms with Crippen molar-refractivity contribution in [2.75, 3.05) is 6.61 Å². The summed E-state index contributed by atoms with van der Waals surface area (Å²) in [5, 5.41) is 32.1. The number of rotatable bonds is 8. The van der Waals surface area contributed by atoms with Crippen LogP contribution < -0.4 is 0 Å². The second-order valence-electron chi connectivity index (χ2n) is 14.2. The normalized spacial score (nSPS) is 54.8. The highest BCUT2D eigenvalue weighted by molar-refractivity contribution is 4.94. The maximum Gasteiger partial charge on any atom is 0.163 e. The largest absolute Gasteiger partial charge is 0.394 e. The molecule has 4 rings (SSSR count). The van der Waals surface area contributed by atoms with Gasteiger partial charge >= 0.3 is 0 Å². The summed E-state index contributed by atoms with van der Waals surface area (Å²) in [6, 6.07) is 0. The van der Waals surface area contributed by atoms with Gasteiger partial charge in [-0.15, -0.1) is 0 Å². The molecule has 0 bridgehead atoms. The third kappa shape index (κ3) is 7.14. The van der Waals surface area contributed by atoms with E-state index in [0.717, 1.165) is 6.42 Å². The van der Waals surface area contributed by atoms with Gasteiger partial charge in [-0.2, -0.15) is 0 Å². The van der Waals surface area contributed by atoms with Gasteiger partial charge in [0.1, 0.15) is 12.2 Å². The molecule has 4 heterocycles. The summed E-state index contributed by atoms with van der Waals surface area (Å²) in [5.74, 6) is 0.239. The summed E-state index contributed by atoms with van der Waals surface area (Å²) in [4.78, 5) is 0. The quantitative estimate of drug-likeness (QED) is 0.372. The molecular weight excluding hydrogens is 556 g/mol. The molecule has 0 radical (unpaired) electrons. The second kappa shape index (κ2) is 14.6. The SMILES string of the molecule is CCC1O[C@H](C)C(C)[C@@H](C)[C@@H]1O[C@@H]1O[C@@H](C)[C@@H](O[C@H]2O[C@@H](CO)[C@@H](O[C@@H]3OC(C)[C@@H](O)[C@H](C)C3C)C(O)C2C)C(C)C1C. The van der Waals surface area contributed by atoms with Gasteiger partial charge in [0.05, 0.1) is 55.4 Å². The van der Waals surface area contributed by atoms with Crippen molar-refractivity contribution in [2.24, 2.45) is 41.4 Å². The molecule has 0 aromatic carbocycles. The second-order valence-corrected chi connectivity index (χ2v) is 14.2. The van der Waals surface area contributed by atoms with Crippen molar-refractivity contribution in [2.45, 2.75) is 162 Å². The molecule has 10 nitrogen and oxygen atoms in total.